The fraction of sp³-hybridized carbons (Fsp3) is 0.133. The molecule has 38 heavy (non-hydrogen) atoms. The number of fused-ring (bicyclic) bond motifs is 3. The van der Waals surface area contributed by atoms with Gasteiger partial charge in [0.1, 0.15) is 26.4 Å². The fourth-order valence-electron chi connectivity index (χ4n) is 5.03. The topological polar surface area (TPSA) is 36.9 Å². The molecule has 6 aromatic rings. The molecule has 6 heterocycles. The van der Waals surface area contributed by atoms with Crippen molar-refractivity contribution in [1.29, 1.82) is 0 Å². The Morgan fingerprint density at radius 3 is 1.34 bits per heavy atom. The summed E-state index contributed by atoms with van der Waals surface area (Å²) < 4.78 is 26.7. The van der Waals surface area contributed by atoms with Crippen molar-refractivity contribution in [1.82, 2.24) is 0 Å². The second-order valence-electron chi connectivity index (χ2n) is 8.91. The summed E-state index contributed by atoms with van der Waals surface area (Å²) in [6.45, 7) is 2.32. The standard InChI is InChI=1S/C30H20O4S4/c1-3-7-17(8-4-1)21-25-26(38-27(21)29-23-19(15-35-29)31-11-13-33-23)22(18-9-5-2-6-10-18)28(37-25)30-24-20(16-36-30)32-12-14-34-24/h1-10,15-16H,11-14H2. The lowest BCUT2D eigenvalue weighted by Crippen LogP contribution is -2.14. The third-order valence-corrected chi connectivity index (χ3v) is 11.4. The zero-order valence-electron chi connectivity index (χ0n) is 20.0. The minimum atomic E-state index is 0.572. The van der Waals surface area contributed by atoms with Gasteiger partial charge in [-0.3, -0.25) is 0 Å². The lowest BCUT2D eigenvalue weighted by molar-refractivity contribution is 0.174. The van der Waals surface area contributed by atoms with E-state index in [1.807, 2.05) is 22.7 Å². The van der Waals surface area contributed by atoms with E-state index in [0.29, 0.717) is 26.4 Å². The highest BCUT2D eigenvalue weighted by Gasteiger charge is 2.31. The normalized spacial score (nSPS) is 14.2. The maximum Gasteiger partial charge on any atom is 0.180 e. The van der Waals surface area contributed by atoms with Crippen LogP contribution in [0.1, 0.15) is 0 Å². The van der Waals surface area contributed by atoms with Crippen LogP contribution in [0, 0.1) is 0 Å². The van der Waals surface area contributed by atoms with Crippen LogP contribution in [-0.2, 0) is 0 Å². The number of benzene rings is 2. The van der Waals surface area contributed by atoms with E-state index >= 15 is 0 Å². The molecule has 0 amide bonds. The van der Waals surface area contributed by atoms with Crippen molar-refractivity contribution in [2.45, 2.75) is 0 Å². The van der Waals surface area contributed by atoms with Crippen LogP contribution < -0.4 is 18.9 Å². The third-order valence-electron chi connectivity index (χ3n) is 6.66. The SMILES string of the molecule is c1ccc(-c2c(-c3scc4c3OCCO4)sc3c(-c4ccccc4)c(-c4scc5c4OCCO5)sc23)cc1. The smallest absolute Gasteiger partial charge is 0.180 e. The van der Waals surface area contributed by atoms with Crippen molar-refractivity contribution in [2.75, 3.05) is 26.4 Å². The van der Waals surface area contributed by atoms with Crippen LogP contribution >= 0.6 is 45.3 Å². The lowest BCUT2D eigenvalue weighted by atomic mass is 10.0. The van der Waals surface area contributed by atoms with E-state index in [4.69, 9.17) is 18.9 Å². The molecule has 0 bridgehead atoms. The van der Waals surface area contributed by atoms with Gasteiger partial charge in [0.05, 0.1) is 28.9 Å². The highest BCUT2D eigenvalue weighted by molar-refractivity contribution is 7.35. The molecule has 0 unspecified atom stereocenters. The van der Waals surface area contributed by atoms with Crippen molar-refractivity contribution in [3.05, 3.63) is 71.4 Å². The second-order valence-corrected chi connectivity index (χ2v) is 12.7. The first-order valence-corrected chi connectivity index (χ1v) is 15.7. The Morgan fingerprint density at radius 2 is 0.895 bits per heavy atom. The molecule has 2 aliphatic rings. The molecule has 0 spiro atoms. The van der Waals surface area contributed by atoms with E-state index < -0.39 is 0 Å². The van der Waals surface area contributed by atoms with E-state index in [1.165, 1.54) is 41.4 Å². The molecule has 0 saturated heterocycles. The van der Waals surface area contributed by atoms with E-state index in [2.05, 4.69) is 71.4 Å². The van der Waals surface area contributed by atoms with Crippen LogP contribution in [0.5, 0.6) is 23.0 Å². The Hall–Kier alpha value is -3.30. The van der Waals surface area contributed by atoms with E-state index in [9.17, 15) is 0 Å². The maximum absolute atomic E-state index is 6.14. The van der Waals surface area contributed by atoms with Crippen LogP contribution in [0.3, 0.4) is 0 Å². The average Bonchev–Trinajstić information content (AvgIpc) is 3.74. The summed E-state index contributed by atoms with van der Waals surface area (Å²) in [4.78, 5) is 4.73. The second kappa shape index (κ2) is 9.17. The first-order valence-electron chi connectivity index (χ1n) is 12.3. The van der Waals surface area contributed by atoms with Crippen molar-refractivity contribution in [3.8, 4) is 64.8 Å². The van der Waals surface area contributed by atoms with Crippen LogP contribution in [0.2, 0.25) is 0 Å². The van der Waals surface area contributed by atoms with Gasteiger partial charge in [-0.2, -0.15) is 0 Å². The van der Waals surface area contributed by atoms with E-state index in [1.54, 1.807) is 22.7 Å². The minimum absolute atomic E-state index is 0.572. The summed E-state index contributed by atoms with van der Waals surface area (Å²) in [5.74, 6) is 3.43. The molecular weight excluding hydrogens is 553 g/mol. The third kappa shape index (κ3) is 3.51. The number of hydrogen-bond donors (Lipinski definition) is 0. The summed E-state index contributed by atoms with van der Waals surface area (Å²) >= 11 is 7.09. The number of hydrogen-bond acceptors (Lipinski definition) is 8. The molecule has 2 aliphatic heterocycles. The molecule has 2 aromatic carbocycles. The van der Waals surface area contributed by atoms with Gasteiger partial charge in [0.15, 0.2) is 23.0 Å². The summed E-state index contributed by atoms with van der Waals surface area (Å²) in [6, 6.07) is 21.4. The van der Waals surface area contributed by atoms with Crippen molar-refractivity contribution >= 4 is 54.7 Å². The zero-order valence-corrected chi connectivity index (χ0v) is 23.3. The van der Waals surface area contributed by atoms with E-state index in [0.717, 1.165) is 32.8 Å². The summed E-state index contributed by atoms with van der Waals surface area (Å²) in [5.41, 5.74) is 4.90. The number of thiophene rings is 4. The van der Waals surface area contributed by atoms with Gasteiger partial charge in [-0.15, -0.1) is 45.3 Å². The predicted molar refractivity (Wildman–Crippen MR) is 159 cm³/mol. The van der Waals surface area contributed by atoms with Crippen molar-refractivity contribution in [2.24, 2.45) is 0 Å². The first kappa shape index (κ1) is 22.7. The largest absolute Gasteiger partial charge is 0.485 e. The van der Waals surface area contributed by atoms with Crippen LogP contribution in [0.4, 0.5) is 0 Å². The van der Waals surface area contributed by atoms with Gasteiger partial charge in [-0.25, -0.2) is 0 Å². The Balaban J connectivity index is 1.45. The van der Waals surface area contributed by atoms with Gasteiger partial charge in [0.25, 0.3) is 0 Å². The highest BCUT2D eigenvalue weighted by Crippen LogP contribution is 2.60. The molecule has 8 heteroatoms. The molecule has 0 atom stereocenters. The summed E-state index contributed by atoms with van der Waals surface area (Å²) in [5, 5.41) is 4.15. The average molecular weight is 573 g/mol. The molecule has 0 fully saturated rings. The van der Waals surface area contributed by atoms with Gasteiger partial charge < -0.3 is 18.9 Å². The Labute approximate surface area is 235 Å². The summed E-state index contributed by atoms with van der Waals surface area (Å²) in [7, 11) is 0. The number of ether oxygens (including phenoxy) is 4. The molecule has 8 rings (SSSR count). The predicted octanol–water partition coefficient (Wildman–Crippen LogP) is 9.30. The molecule has 0 saturated carbocycles. The van der Waals surface area contributed by atoms with Crippen LogP contribution in [0.25, 0.3) is 51.2 Å². The zero-order chi connectivity index (χ0) is 25.1. The first-order chi connectivity index (χ1) is 18.9. The van der Waals surface area contributed by atoms with E-state index in [-0.39, 0.29) is 0 Å². The molecular formula is C30H20O4S4. The lowest BCUT2D eigenvalue weighted by Gasteiger charge is -2.16. The van der Waals surface area contributed by atoms with Crippen molar-refractivity contribution < 1.29 is 18.9 Å². The van der Waals surface area contributed by atoms with Gasteiger partial charge in [-0.05, 0) is 11.1 Å². The number of rotatable bonds is 4. The maximum atomic E-state index is 6.14. The van der Waals surface area contributed by atoms with Gasteiger partial charge in [0, 0.05) is 21.9 Å². The Morgan fingerprint density at radius 1 is 0.474 bits per heavy atom. The summed E-state index contributed by atoms with van der Waals surface area (Å²) in [6.07, 6.45) is 0. The molecule has 4 aromatic heterocycles. The molecule has 188 valence electrons. The van der Waals surface area contributed by atoms with Crippen LogP contribution in [-0.4, -0.2) is 26.4 Å². The van der Waals surface area contributed by atoms with Gasteiger partial charge >= 0.3 is 0 Å². The molecule has 0 aliphatic carbocycles. The van der Waals surface area contributed by atoms with Crippen molar-refractivity contribution in [3.63, 3.8) is 0 Å². The van der Waals surface area contributed by atoms with Gasteiger partial charge in [-0.1, -0.05) is 60.7 Å². The molecule has 0 radical (unpaired) electrons. The minimum Gasteiger partial charge on any atom is -0.485 e. The quantitative estimate of drug-likeness (QED) is 0.211. The van der Waals surface area contributed by atoms with Gasteiger partial charge in [0.2, 0.25) is 0 Å². The Bertz CT molecular complexity index is 1640. The Kier molecular flexibility index (Phi) is 5.47. The van der Waals surface area contributed by atoms with Crippen LogP contribution in [0.15, 0.2) is 71.4 Å². The highest BCUT2D eigenvalue weighted by atomic mass is 32.1. The fourth-order valence-corrected chi connectivity index (χ4v) is 10.2. The molecule has 0 N–H and O–H groups in total. The molecule has 4 nitrogen and oxygen atoms in total. The monoisotopic (exact) mass is 572 g/mol.